The molecule has 50 heavy (non-hydrogen) atoms. The Morgan fingerprint density at radius 1 is 0.240 bits per heavy atom. The van der Waals surface area contributed by atoms with Crippen LogP contribution in [0.25, 0.3) is 88.4 Å². The van der Waals surface area contributed by atoms with Crippen molar-refractivity contribution in [3.05, 3.63) is 194 Å². The van der Waals surface area contributed by atoms with Crippen LogP contribution in [0.2, 0.25) is 0 Å². The summed E-state index contributed by atoms with van der Waals surface area (Å²) in [4.78, 5) is 0. The molecule has 2 aromatic heterocycles. The molecule has 0 atom stereocenters. The lowest BCUT2D eigenvalue weighted by atomic mass is 9.94. The van der Waals surface area contributed by atoms with Crippen LogP contribution in [0.5, 0.6) is 0 Å². The second-order valence-electron chi connectivity index (χ2n) is 13.0. The first-order chi connectivity index (χ1) is 24.8. The Bertz CT molecular complexity index is 2840. The molecule has 0 N–H and O–H groups in total. The van der Waals surface area contributed by atoms with E-state index in [4.69, 9.17) is 0 Å². The summed E-state index contributed by atoms with van der Waals surface area (Å²) < 4.78 is 4.79. The van der Waals surface area contributed by atoms with Crippen LogP contribution in [0.1, 0.15) is 0 Å². The first kappa shape index (κ1) is 28.4. The molecule has 0 bridgehead atoms. The van der Waals surface area contributed by atoms with Crippen molar-refractivity contribution in [2.24, 2.45) is 0 Å². The Morgan fingerprint density at radius 3 is 1.38 bits per heavy atom. The lowest BCUT2D eigenvalue weighted by Gasteiger charge is -2.13. The van der Waals surface area contributed by atoms with E-state index >= 15 is 0 Å². The summed E-state index contributed by atoms with van der Waals surface area (Å²) in [5, 5.41) is 5.03. The van der Waals surface area contributed by atoms with Crippen LogP contribution in [0.15, 0.2) is 194 Å². The van der Waals surface area contributed by atoms with Gasteiger partial charge in [0.15, 0.2) is 0 Å². The van der Waals surface area contributed by atoms with Gasteiger partial charge in [0.1, 0.15) is 0 Å². The van der Waals surface area contributed by atoms with Gasteiger partial charge in [-0.15, -0.1) is 0 Å². The van der Waals surface area contributed by atoms with Gasteiger partial charge in [-0.25, -0.2) is 0 Å². The normalized spacial score (nSPS) is 11.6. The molecular weight excluding hydrogens is 605 g/mol. The van der Waals surface area contributed by atoms with Gasteiger partial charge in [0.2, 0.25) is 0 Å². The summed E-state index contributed by atoms with van der Waals surface area (Å²) in [6.45, 7) is 0. The zero-order chi connectivity index (χ0) is 33.0. The molecule has 0 aliphatic heterocycles. The SMILES string of the molecule is c1ccc(-c2ccccc2-c2ccc(-n3c4ccccc4c4ccc(-c5ccc6c(c5)c5ccccc5n6-c5ccccc5)cc43)cc2)cc1. The number of benzene rings is 8. The standard InChI is InChI=1S/C48H32N2/c1-3-13-33(14-4-1)39-17-7-8-18-40(39)34-23-27-38(28-24-34)50-45-21-11-9-19-41(45)43-29-25-36(32-48(43)50)35-26-30-47-44(31-35)42-20-10-12-22-46(42)49(47)37-15-5-2-6-16-37/h1-32H. The lowest BCUT2D eigenvalue weighted by Crippen LogP contribution is -1.94. The molecular formula is C48H32N2. The third-order valence-corrected chi connectivity index (χ3v) is 10.1. The van der Waals surface area contributed by atoms with Crippen molar-refractivity contribution in [3.8, 4) is 44.8 Å². The average Bonchev–Trinajstić information content (AvgIpc) is 3.71. The van der Waals surface area contributed by atoms with Crippen molar-refractivity contribution in [2.75, 3.05) is 0 Å². The van der Waals surface area contributed by atoms with Gasteiger partial charge in [-0.1, -0.05) is 140 Å². The molecule has 2 heteroatoms. The highest BCUT2D eigenvalue weighted by atomic mass is 15.0. The van der Waals surface area contributed by atoms with Crippen molar-refractivity contribution in [2.45, 2.75) is 0 Å². The number of aromatic nitrogens is 2. The summed E-state index contributed by atoms with van der Waals surface area (Å²) in [6.07, 6.45) is 0. The highest BCUT2D eigenvalue weighted by Crippen LogP contribution is 2.39. The molecule has 0 radical (unpaired) electrons. The van der Waals surface area contributed by atoms with Gasteiger partial charge in [-0.3, -0.25) is 0 Å². The fraction of sp³-hybridized carbons (Fsp3) is 0. The van der Waals surface area contributed by atoms with E-state index < -0.39 is 0 Å². The van der Waals surface area contributed by atoms with Gasteiger partial charge in [0.05, 0.1) is 22.1 Å². The van der Waals surface area contributed by atoms with E-state index in [1.165, 1.54) is 82.7 Å². The van der Waals surface area contributed by atoms with Gasteiger partial charge in [-0.2, -0.15) is 0 Å². The molecule has 2 nitrogen and oxygen atoms in total. The van der Waals surface area contributed by atoms with Gasteiger partial charge in [-0.05, 0) is 88.0 Å². The van der Waals surface area contributed by atoms with Gasteiger partial charge in [0.25, 0.3) is 0 Å². The molecule has 0 saturated carbocycles. The van der Waals surface area contributed by atoms with Crippen LogP contribution in [-0.2, 0) is 0 Å². The molecule has 0 fully saturated rings. The van der Waals surface area contributed by atoms with E-state index in [2.05, 4.69) is 203 Å². The number of rotatable bonds is 5. The predicted octanol–water partition coefficient (Wildman–Crippen LogP) is 12.9. The maximum Gasteiger partial charge on any atom is 0.0547 e. The topological polar surface area (TPSA) is 9.86 Å². The Balaban J connectivity index is 1.12. The Hall–Kier alpha value is -6.64. The minimum atomic E-state index is 1.15. The quantitative estimate of drug-likeness (QED) is 0.178. The fourth-order valence-corrected chi connectivity index (χ4v) is 7.83. The zero-order valence-electron chi connectivity index (χ0n) is 27.4. The second kappa shape index (κ2) is 11.5. The van der Waals surface area contributed by atoms with Crippen molar-refractivity contribution in [1.29, 1.82) is 0 Å². The Labute approximate surface area is 290 Å². The summed E-state index contributed by atoms with van der Waals surface area (Å²) >= 11 is 0. The second-order valence-corrected chi connectivity index (χ2v) is 13.0. The van der Waals surface area contributed by atoms with E-state index in [1.807, 2.05) is 0 Å². The lowest BCUT2D eigenvalue weighted by molar-refractivity contribution is 1.18. The first-order valence-electron chi connectivity index (χ1n) is 17.2. The molecule has 0 saturated heterocycles. The van der Waals surface area contributed by atoms with Crippen molar-refractivity contribution >= 4 is 43.6 Å². The average molecular weight is 637 g/mol. The highest BCUT2D eigenvalue weighted by molar-refractivity contribution is 6.12. The van der Waals surface area contributed by atoms with Crippen LogP contribution in [0.3, 0.4) is 0 Å². The number of para-hydroxylation sites is 3. The number of nitrogens with zero attached hydrogens (tertiary/aromatic N) is 2. The molecule has 0 spiro atoms. The van der Waals surface area contributed by atoms with Crippen LogP contribution in [0, 0.1) is 0 Å². The smallest absolute Gasteiger partial charge is 0.0547 e. The van der Waals surface area contributed by atoms with Gasteiger partial charge in [0, 0.05) is 32.9 Å². The van der Waals surface area contributed by atoms with Gasteiger partial charge < -0.3 is 9.13 Å². The monoisotopic (exact) mass is 636 g/mol. The molecule has 0 unspecified atom stereocenters. The van der Waals surface area contributed by atoms with Gasteiger partial charge >= 0.3 is 0 Å². The minimum absolute atomic E-state index is 1.15. The molecule has 10 rings (SSSR count). The molecule has 2 heterocycles. The molecule has 8 aromatic carbocycles. The molecule has 10 aromatic rings. The van der Waals surface area contributed by atoms with E-state index in [-0.39, 0.29) is 0 Å². The number of fused-ring (bicyclic) bond motifs is 6. The van der Waals surface area contributed by atoms with Crippen LogP contribution >= 0.6 is 0 Å². The summed E-state index contributed by atoms with van der Waals surface area (Å²) in [6, 6.07) is 70.4. The third kappa shape index (κ3) is 4.50. The van der Waals surface area contributed by atoms with Crippen molar-refractivity contribution < 1.29 is 0 Å². The molecule has 0 aliphatic carbocycles. The zero-order valence-corrected chi connectivity index (χ0v) is 27.4. The van der Waals surface area contributed by atoms with Crippen LogP contribution < -0.4 is 0 Å². The summed E-state index contributed by atoms with van der Waals surface area (Å²) in [5.41, 5.74) is 14.5. The maximum absolute atomic E-state index is 2.42. The van der Waals surface area contributed by atoms with E-state index in [0.717, 1.165) is 5.69 Å². The Kier molecular flexibility index (Phi) is 6.53. The van der Waals surface area contributed by atoms with Crippen molar-refractivity contribution in [1.82, 2.24) is 9.13 Å². The largest absolute Gasteiger partial charge is 0.309 e. The fourth-order valence-electron chi connectivity index (χ4n) is 7.83. The van der Waals surface area contributed by atoms with Crippen LogP contribution in [0.4, 0.5) is 0 Å². The third-order valence-electron chi connectivity index (χ3n) is 10.1. The maximum atomic E-state index is 2.42. The first-order valence-corrected chi connectivity index (χ1v) is 17.2. The van der Waals surface area contributed by atoms with E-state index in [0.29, 0.717) is 0 Å². The molecule has 0 amide bonds. The summed E-state index contributed by atoms with van der Waals surface area (Å²) in [5.74, 6) is 0. The van der Waals surface area contributed by atoms with E-state index in [1.54, 1.807) is 0 Å². The molecule has 234 valence electrons. The Morgan fingerprint density at radius 2 is 0.680 bits per heavy atom. The van der Waals surface area contributed by atoms with Crippen molar-refractivity contribution in [3.63, 3.8) is 0 Å². The predicted molar refractivity (Wildman–Crippen MR) is 211 cm³/mol. The summed E-state index contributed by atoms with van der Waals surface area (Å²) in [7, 11) is 0. The minimum Gasteiger partial charge on any atom is -0.309 e. The highest BCUT2D eigenvalue weighted by Gasteiger charge is 2.16. The number of hydrogen-bond acceptors (Lipinski definition) is 0. The van der Waals surface area contributed by atoms with Crippen LogP contribution in [-0.4, -0.2) is 9.13 Å². The number of hydrogen-bond donors (Lipinski definition) is 0. The molecule has 0 aliphatic rings. The van der Waals surface area contributed by atoms with E-state index in [9.17, 15) is 0 Å².